The van der Waals surface area contributed by atoms with Crippen LogP contribution in [-0.2, 0) is 0 Å². The number of nitrogens with zero attached hydrogens (tertiary/aromatic N) is 3. The Hall–Kier alpha value is -2.29. The number of allylic oxidation sites excluding steroid dienone is 1. The molecule has 0 unspecified atom stereocenters. The predicted octanol–water partition coefficient (Wildman–Crippen LogP) is 3.16. The Balaban J connectivity index is 2.63. The Morgan fingerprint density at radius 1 is 1.38 bits per heavy atom. The van der Waals surface area contributed by atoms with Crippen LogP contribution in [0.15, 0.2) is 21.1 Å². The minimum atomic E-state index is -0.0167. The standard InChI is InChI=1S/C13H7Br2N5O/c14-8-2-6(12(21)10(15)3-8)1-7(4-16)11-9(5-17)13(18)20-19-11/h1-3,21H,(H3,18,19,20)/b7-1+. The zero-order valence-corrected chi connectivity index (χ0v) is 13.5. The average molecular weight is 409 g/mol. The number of nitrogens with one attached hydrogen (secondary N) is 1. The molecule has 0 atom stereocenters. The molecule has 0 aliphatic rings. The van der Waals surface area contributed by atoms with Crippen LogP contribution < -0.4 is 5.73 Å². The number of hydrogen-bond acceptors (Lipinski definition) is 5. The van der Waals surface area contributed by atoms with Gasteiger partial charge in [0.15, 0.2) is 5.82 Å². The summed E-state index contributed by atoms with van der Waals surface area (Å²) in [5.41, 5.74) is 6.40. The van der Waals surface area contributed by atoms with Crippen molar-refractivity contribution < 1.29 is 5.11 Å². The molecular weight excluding hydrogens is 402 g/mol. The molecular formula is C13H7Br2N5O. The molecule has 0 aliphatic carbocycles. The molecule has 0 amide bonds. The lowest BCUT2D eigenvalue weighted by molar-refractivity contribution is 0.470. The molecule has 0 fully saturated rings. The van der Waals surface area contributed by atoms with Crippen LogP contribution in [0, 0.1) is 22.7 Å². The first-order valence-electron chi connectivity index (χ1n) is 5.52. The summed E-state index contributed by atoms with van der Waals surface area (Å²) < 4.78 is 1.20. The van der Waals surface area contributed by atoms with Crippen molar-refractivity contribution in [2.75, 3.05) is 5.73 Å². The van der Waals surface area contributed by atoms with E-state index in [2.05, 4.69) is 42.1 Å². The van der Waals surface area contributed by atoms with Crippen LogP contribution in [0.2, 0.25) is 0 Å². The Bertz CT molecular complexity index is 826. The molecule has 6 nitrogen and oxygen atoms in total. The summed E-state index contributed by atoms with van der Waals surface area (Å²) in [5, 5.41) is 34.6. The topological polar surface area (TPSA) is 123 Å². The number of nitrogen functional groups attached to an aromatic ring is 1. The van der Waals surface area contributed by atoms with E-state index >= 15 is 0 Å². The minimum absolute atomic E-state index is 0.0167. The summed E-state index contributed by atoms with van der Waals surface area (Å²) in [6.07, 6.45) is 1.44. The third-order valence-corrected chi connectivity index (χ3v) is 3.72. The van der Waals surface area contributed by atoms with Gasteiger partial charge in [-0.25, -0.2) is 0 Å². The van der Waals surface area contributed by atoms with Gasteiger partial charge in [0.2, 0.25) is 0 Å². The lowest BCUT2D eigenvalue weighted by Crippen LogP contribution is -1.90. The predicted molar refractivity (Wildman–Crippen MR) is 84.7 cm³/mol. The Kier molecular flexibility index (Phi) is 4.32. The Labute approximate surface area is 136 Å². The van der Waals surface area contributed by atoms with E-state index in [9.17, 15) is 10.4 Å². The van der Waals surface area contributed by atoms with E-state index in [1.54, 1.807) is 12.1 Å². The number of halogens is 2. The van der Waals surface area contributed by atoms with Crippen molar-refractivity contribution in [1.82, 2.24) is 10.2 Å². The monoisotopic (exact) mass is 407 g/mol. The van der Waals surface area contributed by atoms with Crippen molar-refractivity contribution in [2.45, 2.75) is 0 Å². The summed E-state index contributed by atoms with van der Waals surface area (Å²) in [4.78, 5) is 0. The third kappa shape index (κ3) is 2.92. The lowest BCUT2D eigenvalue weighted by atomic mass is 10.1. The zero-order valence-electron chi connectivity index (χ0n) is 10.4. The minimum Gasteiger partial charge on any atom is -0.506 e. The van der Waals surface area contributed by atoms with Gasteiger partial charge >= 0.3 is 0 Å². The van der Waals surface area contributed by atoms with Gasteiger partial charge in [-0.15, -0.1) is 0 Å². The van der Waals surface area contributed by atoms with Crippen LogP contribution in [0.25, 0.3) is 11.6 Å². The fraction of sp³-hybridized carbons (Fsp3) is 0. The number of aromatic hydroxyl groups is 1. The summed E-state index contributed by atoms with van der Waals surface area (Å²) in [6.45, 7) is 0. The van der Waals surface area contributed by atoms with Crippen molar-refractivity contribution in [3.63, 3.8) is 0 Å². The van der Waals surface area contributed by atoms with Crippen LogP contribution >= 0.6 is 31.9 Å². The number of phenolic OH excluding ortho intramolecular Hbond substituents is 1. The molecule has 21 heavy (non-hydrogen) atoms. The summed E-state index contributed by atoms with van der Waals surface area (Å²) in [5.74, 6) is 0.00485. The summed E-state index contributed by atoms with van der Waals surface area (Å²) >= 11 is 6.51. The molecule has 2 rings (SSSR count). The van der Waals surface area contributed by atoms with Crippen molar-refractivity contribution in [3.8, 4) is 17.9 Å². The fourth-order valence-electron chi connectivity index (χ4n) is 1.68. The molecule has 0 aliphatic heterocycles. The molecule has 8 heteroatoms. The maximum atomic E-state index is 10.0. The quantitative estimate of drug-likeness (QED) is 0.658. The second-order valence-electron chi connectivity index (χ2n) is 3.97. The lowest BCUT2D eigenvalue weighted by Gasteiger charge is -2.04. The van der Waals surface area contributed by atoms with Gasteiger partial charge in [-0.2, -0.15) is 15.6 Å². The molecule has 1 aromatic heterocycles. The van der Waals surface area contributed by atoms with Gasteiger partial charge < -0.3 is 10.8 Å². The Morgan fingerprint density at radius 3 is 2.71 bits per heavy atom. The number of benzene rings is 1. The molecule has 4 N–H and O–H groups in total. The van der Waals surface area contributed by atoms with E-state index in [0.717, 1.165) is 4.47 Å². The van der Waals surface area contributed by atoms with Crippen LogP contribution in [0.5, 0.6) is 5.75 Å². The van der Waals surface area contributed by atoms with Gasteiger partial charge in [-0.05, 0) is 34.1 Å². The molecule has 2 aromatic rings. The summed E-state index contributed by atoms with van der Waals surface area (Å²) in [7, 11) is 0. The number of phenols is 1. The van der Waals surface area contributed by atoms with Gasteiger partial charge in [0.05, 0.1) is 15.7 Å². The average Bonchev–Trinajstić information content (AvgIpc) is 2.82. The highest BCUT2D eigenvalue weighted by Gasteiger charge is 2.15. The SMILES string of the molecule is N#C/C(=C\c1cc(Br)cc(Br)c1O)c1[nH]nc(N)c1C#N. The molecule has 0 bridgehead atoms. The van der Waals surface area contributed by atoms with Crippen molar-refractivity contribution in [2.24, 2.45) is 0 Å². The second-order valence-corrected chi connectivity index (χ2v) is 5.74. The maximum absolute atomic E-state index is 10.0. The number of aromatic amines is 1. The molecule has 0 spiro atoms. The maximum Gasteiger partial charge on any atom is 0.163 e. The number of H-pyrrole nitrogens is 1. The van der Waals surface area contributed by atoms with Crippen LogP contribution in [0.3, 0.4) is 0 Å². The molecule has 104 valence electrons. The normalized spacial score (nSPS) is 11.0. The van der Waals surface area contributed by atoms with E-state index in [0.29, 0.717) is 10.0 Å². The second kappa shape index (κ2) is 6.00. The number of rotatable bonds is 2. The smallest absolute Gasteiger partial charge is 0.163 e. The zero-order chi connectivity index (χ0) is 15.6. The van der Waals surface area contributed by atoms with E-state index in [-0.39, 0.29) is 28.4 Å². The number of hydrogen-bond donors (Lipinski definition) is 3. The van der Waals surface area contributed by atoms with E-state index in [1.165, 1.54) is 6.08 Å². The highest BCUT2D eigenvalue weighted by atomic mass is 79.9. The first-order valence-corrected chi connectivity index (χ1v) is 7.10. The van der Waals surface area contributed by atoms with E-state index in [1.807, 2.05) is 12.1 Å². The van der Waals surface area contributed by atoms with Gasteiger partial charge in [-0.3, -0.25) is 5.10 Å². The molecule has 1 aromatic carbocycles. The van der Waals surface area contributed by atoms with Crippen molar-refractivity contribution >= 4 is 49.3 Å². The van der Waals surface area contributed by atoms with Gasteiger partial charge in [0.1, 0.15) is 23.5 Å². The van der Waals surface area contributed by atoms with E-state index < -0.39 is 0 Å². The highest BCUT2D eigenvalue weighted by Crippen LogP contribution is 2.34. The van der Waals surface area contributed by atoms with Gasteiger partial charge in [-0.1, -0.05) is 15.9 Å². The first-order chi connectivity index (χ1) is 9.97. The molecule has 1 heterocycles. The van der Waals surface area contributed by atoms with Crippen molar-refractivity contribution in [3.05, 3.63) is 37.9 Å². The number of nitrogens with two attached hydrogens (primary N) is 1. The van der Waals surface area contributed by atoms with Crippen LogP contribution in [0.4, 0.5) is 5.82 Å². The highest BCUT2D eigenvalue weighted by molar-refractivity contribution is 9.11. The van der Waals surface area contributed by atoms with Crippen molar-refractivity contribution in [1.29, 1.82) is 10.5 Å². The largest absolute Gasteiger partial charge is 0.506 e. The molecule has 0 saturated carbocycles. The van der Waals surface area contributed by atoms with Crippen LogP contribution in [-0.4, -0.2) is 15.3 Å². The number of aromatic nitrogens is 2. The number of nitriles is 2. The Morgan fingerprint density at radius 2 is 2.10 bits per heavy atom. The summed E-state index contributed by atoms with van der Waals surface area (Å²) in [6, 6.07) is 7.17. The van der Waals surface area contributed by atoms with E-state index in [4.69, 9.17) is 11.0 Å². The fourth-order valence-corrected chi connectivity index (χ4v) is 2.93. The molecule has 0 radical (unpaired) electrons. The van der Waals surface area contributed by atoms with Crippen LogP contribution in [0.1, 0.15) is 16.8 Å². The van der Waals surface area contributed by atoms with Gasteiger partial charge in [0, 0.05) is 10.0 Å². The number of anilines is 1. The first kappa shape index (κ1) is 15.1. The molecule has 0 saturated heterocycles. The van der Waals surface area contributed by atoms with Gasteiger partial charge in [0.25, 0.3) is 0 Å². The third-order valence-electron chi connectivity index (χ3n) is 2.65.